The van der Waals surface area contributed by atoms with Crippen molar-refractivity contribution in [3.63, 3.8) is 0 Å². The van der Waals surface area contributed by atoms with Crippen molar-refractivity contribution in [2.45, 2.75) is 31.6 Å². The maximum absolute atomic E-state index is 13.3. The van der Waals surface area contributed by atoms with E-state index in [0.717, 1.165) is 37.2 Å². The summed E-state index contributed by atoms with van der Waals surface area (Å²) in [4.78, 5) is 17.6. The Hall–Kier alpha value is -2.38. The van der Waals surface area contributed by atoms with Crippen LogP contribution in [0, 0.1) is 12.8 Å². The fourth-order valence-electron chi connectivity index (χ4n) is 4.34. The van der Waals surface area contributed by atoms with Crippen molar-refractivity contribution in [1.82, 2.24) is 9.21 Å². The molecule has 6 nitrogen and oxygen atoms in total. The van der Waals surface area contributed by atoms with E-state index in [9.17, 15) is 13.2 Å². The lowest BCUT2D eigenvalue weighted by Gasteiger charge is -2.36. The number of hydrogen-bond acceptors (Lipinski definition) is 4. The van der Waals surface area contributed by atoms with Crippen LogP contribution in [-0.4, -0.2) is 62.8 Å². The summed E-state index contributed by atoms with van der Waals surface area (Å²) in [6.07, 6.45) is 1.76. The molecule has 2 fully saturated rings. The van der Waals surface area contributed by atoms with Crippen molar-refractivity contribution >= 4 is 21.6 Å². The van der Waals surface area contributed by atoms with Crippen LogP contribution in [0.3, 0.4) is 0 Å². The highest BCUT2D eigenvalue weighted by atomic mass is 32.2. The Morgan fingerprint density at radius 2 is 1.55 bits per heavy atom. The van der Waals surface area contributed by atoms with Gasteiger partial charge in [-0.05, 0) is 55.5 Å². The van der Waals surface area contributed by atoms with Gasteiger partial charge in [0.05, 0.1) is 4.90 Å². The summed E-state index contributed by atoms with van der Waals surface area (Å²) >= 11 is 0. The first-order valence-electron chi connectivity index (χ1n) is 11.1. The molecule has 0 atom stereocenters. The molecular formula is C24H31N3O3S. The van der Waals surface area contributed by atoms with E-state index in [4.69, 9.17) is 0 Å². The van der Waals surface area contributed by atoms with E-state index in [2.05, 4.69) is 24.0 Å². The van der Waals surface area contributed by atoms with Gasteiger partial charge in [-0.15, -0.1) is 0 Å². The van der Waals surface area contributed by atoms with Crippen molar-refractivity contribution in [2.24, 2.45) is 5.92 Å². The molecule has 166 valence electrons. The summed E-state index contributed by atoms with van der Waals surface area (Å²) in [6, 6.07) is 15.2. The average molecular weight is 442 g/mol. The normalized spacial score (nSPS) is 18.9. The van der Waals surface area contributed by atoms with Crippen LogP contribution in [0.4, 0.5) is 5.69 Å². The fourth-order valence-corrected chi connectivity index (χ4v) is 5.84. The highest BCUT2D eigenvalue weighted by molar-refractivity contribution is 7.89. The lowest BCUT2D eigenvalue weighted by molar-refractivity contribution is 0.0746. The molecule has 0 saturated carbocycles. The molecule has 2 aliphatic heterocycles. The van der Waals surface area contributed by atoms with E-state index in [-0.39, 0.29) is 10.8 Å². The van der Waals surface area contributed by atoms with Crippen LogP contribution >= 0.6 is 0 Å². The highest BCUT2D eigenvalue weighted by Gasteiger charge is 2.30. The van der Waals surface area contributed by atoms with Crippen LogP contribution in [0.5, 0.6) is 0 Å². The van der Waals surface area contributed by atoms with Crippen LogP contribution in [0.1, 0.15) is 35.7 Å². The number of carbonyl (C=O) groups is 1. The number of para-hydroxylation sites is 1. The Bertz CT molecular complexity index is 1020. The van der Waals surface area contributed by atoms with E-state index in [1.807, 2.05) is 30.0 Å². The van der Waals surface area contributed by atoms with Gasteiger partial charge in [0.2, 0.25) is 10.0 Å². The number of carbonyl (C=O) groups excluding carboxylic acids is 1. The van der Waals surface area contributed by atoms with E-state index < -0.39 is 10.0 Å². The van der Waals surface area contributed by atoms with Gasteiger partial charge in [-0.1, -0.05) is 31.2 Å². The lowest BCUT2D eigenvalue weighted by atomic mass is 10.0. The number of nitrogens with zero attached hydrogens (tertiary/aromatic N) is 3. The third-order valence-electron chi connectivity index (χ3n) is 6.51. The Morgan fingerprint density at radius 3 is 2.19 bits per heavy atom. The highest BCUT2D eigenvalue weighted by Crippen LogP contribution is 2.26. The third-order valence-corrected chi connectivity index (χ3v) is 8.40. The SMILES string of the molecule is Cc1ccc(S(=O)(=O)N2CCC(C)CC2)cc1C(=O)N1CCN(c2ccccc2)CC1. The molecular weight excluding hydrogens is 410 g/mol. The minimum Gasteiger partial charge on any atom is -0.368 e. The zero-order valence-electron chi connectivity index (χ0n) is 18.3. The van der Waals surface area contributed by atoms with Gasteiger partial charge >= 0.3 is 0 Å². The maximum atomic E-state index is 13.3. The molecule has 7 heteroatoms. The van der Waals surface area contributed by atoms with Gasteiger partial charge in [-0.2, -0.15) is 4.31 Å². The second-order valence-electron chi connectivity index (χ2n) is 8.68. The van der Waals surface area contributed by atoms with Crippen LogP contribution in [0.25, 0.3) is 0 Å². The number of aryl methyl sites for hydroxylation is 1. The summed E-state index contributed by atoms with van der Waals surface area (Å²) < 4.78 is 27.9. The van der Waals surface area contributed by atoms with E-state index >= 15 is 0 Å². The summed E-state index contributed by atoms with van der Waals surface area (Å²) in [6.45, 7) is 7.88. The average Bonchev–Trinajstić information content (AvgIpc) is 2.80. The zero-order chi connectivity index (χ0) is 22.0. The van der Waals surface area contributed by atoms with Gasteiger partial charge in [0.15, 0.2) is 0 Å². The summed E-state index contributed by atoms with van der Waals surface area (Å²) in [7, 11) is -3.58. The molecule has 0 bridgehead atoms. The molecule has 0 aliphatic carbocycles. The number of rotatable bonds is 4. The minimum absolute atomic E-state index is 0.0884. The second-order valence-corrected chi connectivity index (χ2v) is 10.6. The molecule has 2 saturated heterocycles. The van der Waals surface area contributed by atoms with Crippen molar-refractivity contribution in [2.75, 3.05) is 44.2 Å². The molecule has 2 aliphatic rings. The molecule has 0 unspecified atom stereocenters. The number of piperidine rings is 1. The van der Waals surface area contributed by atoms with Crippen LogP contribution in [0.2, 0.25) is 0 Å². The quantitative estimate of drug-likeness (QED) is 0.730. The minimum atomic E-state index is -3.58. The Balaban J connectivity index is 1.49. The van der Waals surface area contributed by atoms with Crippen molar-refractivity contribution in [3.05, 3.63) is 59.7 Å². The molecule has 2 aromatic rings. The standard InChI is InChI=1S/C24H31N3O3S/c1-19-10-12-27(13-11-19)31(29,30)22-9-8-20(2)23(18-22)24(28)26-16-14-25(15-17-26)21-6-4-3-5-7-21/h3-9,18-19H,10-17H2,1-2H3. The Morgan fingerprint density at radius 1 is 0.903 bits per heavy atom. The summed E-state index contributed by atoms with van der Waals surface area (Å²) in [5.74, 6) is 0.464. The maximum Gasteiger partial charge on any atom is 0.254 e. The molecule has 31 heavy (non-hydrogen) atoms. The first-order chi connectivity index (χ1) is 14.9. The monoisotopic (exact) mass is 441 g/mol. The lowest BCUT2D eigenvalue weighted by Crippen LogP contribution is -2.49. The van der Waals surface area contributed by atoms with Crippen molar-refractivity contribution < 1.29 is 13.2 Å². The number of amides is 1. The predicted molar refractivity (Wildman–Crippen MR) is 123 cm³/mol. The largest absolute Gasteiger partial charge is 0.368 e. The Kier molecular flexibility index (Phi) is 6.34. The Labute approximate surface area is 185 Å². The van der Waals surface area contributed by atoms with Gasteiger partial charge in [0.25, 0.3) is 5.91 Å². The molecule has 0 aromatic heterocycles. The molecule has 2 aromatic carbocycles. The summed E-state index contributed by atoms with van der Waals surface area (Å²) in [5.41, 5.74) is 2.45. The topological polar surface area (TPSA) is 60.9 Å². The van der Waals surface area contributed by atoms with Crippen LogP contribution < -0.4 is 4.90 Å². The van der Waals surface area contributed by atoms with Crippen LogP contribution in [-0.2, 0) is 10.0 Å². The molecule has 4 rings (SSSR count). The van der Waals surface area contributed by atoms with E-state index in [1.165, 1.54) is 0 Å². The molecule has 0 radical (unpaired) electrons. The van der Waals surface area contributed by atoms with Gasteiger partial charge in [-0.3, -0.25) is 4.79 Å². The van der Waals surface area contributed by atoms with Gasteiger partial charge in [0.1, 0.15) is 0 Å². The number of anilines is 1. The van der Waals surface area contributed by atoms with E-state index in [1.54, 1.807) is 22.5 Å². The number of piperazine rings is 1. The van der Waals surface area contributed by atoms with Gasteiger partial charge in [0, 0.05) is 50.5 Å². The molecule has 1 amide bonds. The van der Waals surface area contributed by atoms with Gasteiger partial charge in [-0.25, -0.2) is 8.42 Å². The predicted octanol–water partition coefficient (Wildman–Crippen LogP) is 3.38. The number of sulfonamides is 1. The third kappa shape index (κ3) is 4.62. The fraction of sp³-hybridized carbons (Fsp3) is 0.458. The first-order valence-corrected chi connectivity index (χ1v) is 12.5. The molecule has 2 heterocycles. The van der Waals surface area contributed by atoms with Gasteiger partial charge < -0.3 is 9.80 Å². The molecule has 0 spiro atoms. The summed E-state index contributed by atoms with van der Waals surface area (Å²) in [5, 5.41) is 0. The van der Waals surface area contributed by atoms with E-state index in [0.29, 0.717) is 37.7 Å². The van der Waals surface area contributed by atoms with Crippen molar-refractivity contribution in [3.8, 4) is 0 Å². The molecule has 0 N–H and O–H groups in total. The number of hydrogen-bond donors (Lipinski definition) is 0. The number of benzene rings is 2. The van der Waals surface area contributed by atoms with Crippen molar-refractivity contribution in [1.29, 1.82) is 0 Å². The second kappa shape index (κ2) is 9.01. The zero-order valence-corrected chi connectivity index (χ0v) is 19.1. The van der Waals surface area contributed by atoms with Crippen LogP contribution in [0.15, 0.2) is 53.4 Å². The smallest absolute Gasteiger partial charge is 0.254 e. The first kappa shape index (κ1) is 21.8.